The predicted octanol–water partition coefficient (Wildman–Crippen LogP) is 2.08. The Morgan fingerprint density at radius 2 is 1.88 bits per heavy atom. The van der Waals surface area contributed by atoms with Crippen LogP contribution in [0, 0.1) is 0 Å². The molecule has 2 N–H and O–H groups in total. The molecule has 1 heterocycles. The lowest BCUT2D eigenvalue weighted by molar-refractivity contribution is -0.137. The summed E-state index contributed by atoms with van der Waals surface area (Å²) in [4.78, 5) is 36.7. The highest BCUT2D eigenvalue weighted by atomic mass is 16.5. The van der Waals surface area contributed by atoms with Crippen LogP contribution in [0.3, 0.4) is 0 Å². The van der Waals surface area contributed by atoms with Crippen LogP contribution >= 0.6 is 0 Å². The molecule has 1 aromatic rings. The Morgan fingerprint density at radius 1 is 1.15 bits per heavy atom. The highest BCUT2D eigenvalue weighted by Crippen LogP contribution is 2.18. The number of anilines is 1. The van der Waals surface area contributed by atoms with Crippen molar-refractivity contribution >= 4 is 23.5 Å². The summed E-state index contributed by atoms with van der Waals surface area (Å²) in [6, 6.07) is 6.48. The van der Waals surface area contributed by atoms with Gasteiger partial charge in [0, 0.05) is 11.8 Å². The molecule has 2 amide bonds. The molecule has 0 saturated carbocycles. The molecule has 2 rings (SSSR count). The molecule has 0 bridgehead atoms. The number of β-amino-alcohol motifs (C(OH)–C–C–N with tert-alkyl or cyclic N) is 1. The van der Waals surface area contributed by atoms with Crippen LogP contribution in [0.5, 0.6) is 0 Å². The van der Waals surface area contributed by atoms with Crippen molar-refractivity contribution in [1.82, 2.24) is 4.90 Å². The molecule has 1 aliphatic rings. The predicted molar refractivity (Wildman–Crippen MR) is 96.4 cm³/mol. The fraction of sp³-hybridized carbons (Fsp3) is 0.421. The average molecular weight is 360 g/mol. The Kier molecular flexibility index (Phi) is 7.35. The molecule has 7 nitrogen and oxygen atoms in total. The molecule has 0 fully saturated rings. The highest BCUT2D eigenvalue weighted by Gasteiger charge is 2.30. The zero-order chi connectivity index (χ0) is 18.9. The number of ether oxygens (including phenoxy) is 1. The molecule has 140 valence electrons. The van der Waals surface area contributed by atoms with Gasteiger partial charge in [-0.3, -0.25) is 14.5 Å². The first kappa shape index (κ1) is 19.7. The van der Waals surface area contributed by atoms with E-state index in [0.29, 0.717) is 17.9 Å². The number of aliphatic hydroxyl groups excluding tert-OH is 1. The van der Waals surface area contributed by atoms with Crippen LogP contribution in [0.1, 0.15) is 43.0 Å². The van der Waals surface area contributed by atoms with Crippen LogP contribution in [0.25, 0.3) is 0 Å². The number of imide groups is 1. The van der Waals surface area contributed by atoms with E-state index < -0.39 is 11.8 Å². The van der Waals surface area contributed by atoms with Crippen molar-refractivity contribution in [2.75, 3.05) is 25.1 Å². The standard InChI is InChI=1S/C19H24N2O5/c1-2-3-4-5-12-26-19(25)14-6-8-15(9-7-14)20-16-13-17(23)21(10-11-22)18(16)24/h6-9,13,20,22H,2-5,10-12H2,1H3. The fourth-order valence-corrected chi connectivity index (χ4v) is 2.53. The van der Waals surface area contributed by atoms with Gasteiger partial charge in [0.05, 0.1) is 25.3 Å². The van der Waals surface area contributed by atoms with Gasteiger partial charge in [0.15, 0.2) is 0 Å². The summed E-state index contributed by atoms with van der Waals surface area (Å²) in [5, 5.41) is 11.7. The van der Waals surface area contributed by atoms with Crippen molar-refractivity contribution in [3.8, 4) is 0 Å². The number of amides is 2. The smallest absolute Gasteiger partial charge is 0.338 e. The molecule has 26 heavy (non-hydrogen) atoms. The van der Waals surface area contributed by atoms with Crippen molar-refractivity contribution in [1.29, 1.82) is 0 Å². The summed E-state index contributed by atoms with van der Waals surface area (Å²) >= 11 is 0. The Balaban J connectivity index is 1.88. The number of unbranched alkanes of at least 4 members (excludes halogenated alkanes) is 3. The maximum Gasteiger partial charge on any atom is 0.338 e. The molecule has 1 aliphatic heterocycles. The summed E-state index contributed by atoms with van der Waals surface area (Å²) in [5.41, 5.74) is 1.13. The topological polar surface area (TPSA) is 95.9 Å². The number of hydrogen-bond acceptors (Lipinski definition) is 6. The quantitative estimate of drug-likeness (QED) is 0.377. The molecule has 1 aromatic carbocycles. The summed E-state index contributed by atoms with van der Waals surface area (Å²) < 4.78 is 5.22. The number of nitrogens with zero attached hydrogens (tertiary/aromatic N) is 1. The van der Waals surface area contributed by atoms with Crippen LogP contribution < -0.4 is 5.32 Å². The van der Waals surface area contributed by atoms with E-state index in [-0.39, 0.29) is 24.8 Å². The van der Waals surface area contributed by atoms with Crippen LogP contribution in [0.15, 0.2) is 36.0 Å². The zero-order valence-corrected chi connectivity index (χ0v) is 14.9. The Labute approximate surface area is 152 Å². The SMILES string of the molecule is CCCCCCOC(=O)c1ccc(NC2=CC(=O)N(CCO)C2=O)cc1. The van der Waals surface area contributed by atoms with Crippen molar-refractivity contribution in [2.24, 2.45) is 0 Å². The van der Waals surface area contributed by atoms with Crippen molar-refractivity contribution < 1.29 is 24.2 Å². The highest BCUT2D eigenvalue weighted by molar-refractivity contribution is 6.17. The van der Waals surface area contributed by atoms with Gasteiger partial charge in [0.25, 0.3) is 11.8 Å². The van der Waals surface area contributed by atoms with E-state index in [0.717, 1.165) is 30.6 Å². The second-order valence-corrected chi connectivity index (χ2v) is 5.98. The van der Waals surface area contributed by atoms with E-state index in [1.165, 1.54) is 6.08 Å². The van der Waals surface area contributed by atoms with E-state index in [4.69, 9.17) is 9.84 Å². The van der Waals surface area contributed by atoms with Gasteiger partial charge in [-0.2, -0.15) is 0 Å². The number of carbonyl (C=O) groups excluding carboxylic acids is 3. The van der Waals surface area contributed by atoms with Gasteiger partial charge in [-0.05, 0) is 30.7 Å². The van der Waals surface area contributed by atoms with Gasteiger partial charge >= 0.3 is 5.97 Å². The molecular weight excluding hydrogens is 336 g/mol. The van der Waals surface area contributed by atoms with E-state index in [2.05, 4.69) is 12.2 Å². The molecular formula is C19H24N2O5. The molecule has 0 radical (unpaired) electrons. The fourth-order valence-electron chi connectivity index (χ4n) is 2.53. The summed E-state index contributed by atoms with van der Waals surface area (Å²) in [6.45, 7) is 2.20. The van der Waals surface area contributed by atoms with Crippen LogP contribution in [0.2, 0.25) is 0 Å². The number of esters is 1. The Morgan fingerprint density at radius 3 is 2.54 bits per heavy atom. The number of hydrogen-bond donors (Lipinski definition) is 2. The molecule has 0 unspecified atom stereocenters. The van der Waals surface area contributed by atoms with Crippen molar-refractivity contribution in [3.63, 3.8) is 0 Å². The maximum absolute atomic E-state index is 12.1. The number of nitrogens with one attached hydrogen (secondary N) is 1. The van der Waals surface area contributed by atoms with Gasteiger partial charge in [-0.25, -0.2) is 4.79 Å². The molecule has 7 heteroatoms. The average Bonchev–Trinajstić information content (AvgIpc) is 2.90. The first-order valence-electron chi connectivity index (χ1n) is 8.79. The summed E-state index contributed by atoms with van der Waals surface area (Å²) in [6.07, 6.45) is 5.35. The Bertz CT molecular complexity index is 682. The normalized spacial score (nSPS) is 13.8. The Hall–Kier alpha value is -2.67. The molecule has 0 saturated heterocycles. The van der Waals surface area contributed by atoms with Gasteiger partial charge in [0.1, 0.15) is 5.70 Å². The van der Waals surface area contributed by atoms with E-state index in [1.54, 1.807) is 24.3 Å². The lowest BCUT2D eigenvalue weighted by atomic mass is 10.2. The molecule has 0 atom stereocenters. The van der Waals surface area contributed by atoms with Gasteiger partial charge in [-0.1, -0.05) is 26.2 Å². The first-order valence-corrected chi connectivity index (χ1v) is 8.79. The first-order chi connectivity index (χ1) is 12.6. The third-order valence-electron chi connectivity index (χ3n) is 3.96. The lowest BCUT2D eigenvalue weighted by Crippen LogP contribution is -2.34. The second kappa shape index (κ2) is 9.72. The second-order valence-electron chi connectivity index (χ2n) is 5.98. The molecule has 0 aliphatic carbocycles. The van der Waals surface area contributed by atoms with Gasteiger partial charge in [0.2, 0.25) is 0 Å². The molecule has 0 aromatic heterocycles. The van der Waals surface area contributed by atoms with Crippen molar-refractivity contribution in [3.05, 3.63) is 41.6 Å². The third-order valence-corrected chi connectivity index (χ3v) is 3.96. The maximum atomic E-state index is 12.1. The monoisotopic (exact) mass is 360 g/mol. The van der Waals surface area contributed by atoms with Crippen LogP contribution in [0.4, 0.5) is 5.69 Å². The number of aliphatic hydroxyl groups is 1. The van der Waals surface area contributed by atoms with E-state index in [1.807, 2.05) is 0 Å². The third kappa shape index (κ3) is 5.16. The molecule has 0 spiro atoms. The summed E-state index contributed by atoms with van der Waals surface area (Å²) in [7, 11) is 0. The number of benzene rings is 1. The zero-order valence-electron chi connectivity index (χ0n) is 14.9. The largest absolute Gasteiger partial charge is 0.462 e. The van der Waals surface area contributed by atoms with E-state index >= 15 is 0 Å². The van der Waals surface area contributed by atoms with Gasteiger partial charge in [-0.15, -0.1) is 0 Å². The summed E-state index contributed by atoms with van der Waals surface area (Å²) in [5.74, 6) is -1.33. The van der Waals surface area contributed by atoms with Crippen LogP contribution in [-0.4, -0.2) is 47.5 Å². The minimum atomic E-state index is -0.486. The minimum Gasteiger partial charge on any atom is -0.462 e. The van der Waals surface area contributed by atoms with Crippen LogP contribution in [-0.2, 0) is 14.3 Å². The van der Waals surface area contributed by atoms with Gasteiger partial charge < -0.3 is 15.2 Å². The number of rotatable bonds is 10. The number of carbonyl (C=O) groups is 3. The minimum absolute atomic E-state index is 0.0393. The van der Waals surface area contributed by atoms with E-state index in [9.17, 15) is 14.4 Å². The van der Waals surface area contributed by atoms with Crippen molar-refractivity contribution in [2.45, 2.75) is 32.6 Å². The lowest BCUT2D eigenvalue weighted by Gasteiger charge is -2.13.